The fourth-order valence-corrected chi connectivity index (χ4v) is 3.29. The molecule has 1 atom stereocenters. The molecule has 118 valence electrons. The van der Waals surface area contributed by atoms with Crippen LogP contribution in [0.1, 0.15) is 28.9 Å². The van der Waals surface area contributed by atoms with Crippen molar-refractivity contribution in [3.8, 4) is 0 Å². The Labute approximate surface area is 132 Å². The van der Waals surface area contributed by atoms with Crippen LogP contribution in [0.5, 0.6) is 0 Å². The van der Waals surface area contributed by atoms with E-state index in [1.54, 1.807) is 4.90 Å². The zero-order chi connectivity index (χ0) is 15.9. The number of benzene rings is 1. The molecule has 3 aromatic rings. The number of likely N-dealkylation sites (tertiary alicyclic amines) is 1. The minimum absolute atomic E-state index is 0.0724. The van der Waals surface area contributed by atoms with Crippen molar-refractivity contribution in [2.75, 3.05) is 13.1 Å². The van der Waals surface area contributed by atoms with Crippen molar-refractivity contribution in [1.82, 2.24) is 25.3 Å². The Hall–Kier alpha value is -2.67. The summed E-state index contributed by atoms with van der Waals surface area (Å²) in [6, 6.07) is 7.52. The molecule has 1 aromatic carbocycles. The number of carbonyl (C=O) groups is 1. The Morgan fingerprint density at radius 1 is 1.35 bits per heavy atom. The van der Waals surface area contributed by atoms with Crippen LogP contribution in [0.2, 0.25) is 0 Å². The van der Waals surface area contributed by atoms with E-state index in [9.17, 15) is 9.90 Å². The third-order valence-corrected chi connectivity index (χ3v) is 4.48. The molecule has 2 aromatic heterocycles. The van der Waals surface area contributed by atoms with E-state index >= 15 is 0 Å². The molecule has 1 amide bonds. The number of hydrogen-bond donors (Lipinski definition) is 3. The van der Waals surface area contributed by atoms with E-state index in [1.165, 1.54) is 6.20 Å². The molecule has 1 saturated heterocycles. The number of nitrogens with zero attached hydrogens (tertiary/aromatic N) is 3. The molecule has 1 aliphatic rings. The largest absolute Gasteiger partial charge is 0.382 e. The predicted molar refractivity (Wildman–Crippen MR) is 83.7 cm³/mol. The number of piperidine rings is 1. The molecule has 0 radical (unpaired) electrons. The molecule has 23 heavy (non-hydrogen) atoms. The van der Waals surface area contributed by atoms with Gasteiger partial charge in [0.15, 0.2) is 0 Å². The van der Waals surface area contributed by atoms with E-state index in [-0.39, 0.29) is 12.5 Å². The highest BCUT2D eigenvalue weighted by Gasteiger charge is 2.39. The lowest BCUT2D eigenvalue weighted by atomic mass is 9.89. The number of carbonyl (C=O) groups excluding carboxylic acids is 1. The Morgan fingerprint density at radius 2 is 2.26 bits per heavy atom. The zero-order valence-corrected chi connectivity index (χ0v) is 12.5. The third kappa shape index (κ3) is 2.29. The Kier molecular flexibility index (Phi) is 3.16. The summed E-state index contributed by atoms with van der Waals surface area (Å²) >= 11 is 0. The van der Waals surface area contributed by atoms with Crippen molar-refractivity contribution >= 4 is 16.8 Å². The van der Waals surface area contributed by atoms with Gasteiger partial charge in [-0.05, 0) is 31.0 Å². The predicted octanol–water partition coefficient (Wildman–Crippen LogP) is 1.41. The Morgan fingerprint density at radius 3 is 3.09 bits per heavy atom. The standard InChI is InChI=1S/C16H17N5O2/c22-15(12-3-1-4-13-11(12)5-7-17-13)21-8-2-6-16(23,10-21)14-9-18-20-19-14/h1,3-5,7,9,17,23H,2,6,8,10H2,(H,18,19,20). The third-order valence-electron chi connectivity index (χ3n) is 4.48. The number of nitrogens with one attached hydrogen (secondary N) is 2. The van der Waals surface area contributed by atoms with Crippen LogP contribution in [0.25, 0.3) is 10.9 Å². The monoisotopic (exact) mass is 311 g/mol. The van der Waals surface area contributed by atoms with Crippen molar-refractivity contribution < 1.29 is 9.90 Å². The van der Waals surface area contributed by atoms with Gasteiger partial charge in [-0.2, -0.15) is 15.4 Å². The number of β-amino-alcohol motifs (C(OH)–C–C–N with tert-alkyl or cyclic N) is 1. The summed E-state index contributed by atoms with van der Waals surface area (Å²) < 4.78 is 0. The average molecular weight is 311 g/mol. The van der Waals surface area contributed by atoms with E-state index < -0.39 is 5.60 Å². The van der Waals surface area contributed by atoms with Gasteiger partial charge in [0.2, 0.25) is 0 Å². The summed E-state index contributed by atoms with van der Waals surface area (Å²) in [7, 11) is 0. The first kappa shape index (κ1) is 14.0. The summed E-state index contributed by atoms with van der Waals surface area (Å²) in [4.78, 5) is 17.7. The molecule has 3 heterocycles. The Bertz CT molecular complexity index is 841. The molecular formula is C16H17N5O2. The zero-order valence-electron chi connectivity index (χ0n) is 12.5. The van der Waals surface area contributed by atoms with Crippen LogP contribution in [0, 0.1) is 0 Å². The maximum atomic E-state index is 12.9. The first-order chi connectivity index (χ1) is 11.2. The summed E-state index contributed by atoms with van der Waals surface area (Å²) in [6.45, 7) is 0.846. The van der Waals surface area contributed by atoms with E-state index in [0.29, 0.717) is 24.2 Å². The molecule has 7 nitrogen and oxygen atoms in total. The van der Waals surface area contributed by atoms with Gasteiger partial charge in [-0.3, -0.25) is 4.79 Å². The minimum Gasteiger partial charge on any atom is -0.382 e. The van der Waals surface area contributed by atoms with E-state index in [2.05, 4.69) is 20.4 Å². The molecule has 1 fully saturated rings. The SMILES string of the molecule is O=C(c1cccc2[nH]ccc12)N1CCCC(O)(c2cn[nH]n2)C1. The van der Waals surface area contributed by atoms with Crippen LogP contribution in [-0.4, -0.2) is 49.4 Å². The molecule has 1 unspecified atom stereocenters. The van der Waals surface area contributed by atoms with Gasteiger partial charge in [0.05, 0.1) is 12.7 Å². The summed E-state index contributed by atoms with van der Waals surface area (Å²) in [5.74, 6) is -0.0724. The second kappa shape index (κ2) is 5.20. The normalized spacial score (nSPS) is 21.7. The summed E-state index contributed by atoms with van der Waals surface area (Å²) in [5.41, 5.74) is 0.912. The van der Waals surface area contributed by atoms with Crippen molar-refractivity contribution in [2.45, 2.75) is 18.4 Å². The molecule has 1 aliphatic heterocycles. The molecule has 0 saturated carbocycles. The molecule has 0 bridgehead atoms. The van der Waals surface area contributed by atoms with Crippen LogP contribution < -0.4 is 0 Å². The lowest BCUT2D eigenvalue weighted by Gasteiger charge is -2.38. The summed E-state index contributed by atoms with van der Waals surface area (Å²) in [5, 5.41) is 22.0. The number of aliphatic hydroxyl groups is 1. The van der Waals surface area contributed by atoms with Gasteiger partial charge in [0.1, 0.15) is 11.3 Å². The van der Waals surface area contributed by atoms with Crippen molar-refractivity contribution in [2.24, 2.45) is 0 Å². The Balaban J connectivity index is 1.65. The second-order valence-corrected chi connectivity index (χ2v) is 5.96. The molecular weight excluding hydrogens is 294 g/mol. The smallest absolute Gasteiger partial charge is 0.254 e. The first-order valence-electron chi connectivity index (χ1n) is 7.61. The first-order valence-corrected chi connectivity index (χ1v) is 7.61. The number of H-pyrrole nitrogens is 2. The van der Waals surface area contributed by atoms with E-state index in [0.717, 1.165) is 17.3 Å². The molecule has 0 spiro atoms. The second-order valence-electron chi connectivity index (χ2n) is 5.96. The van der Waals surface area contributed by atoms with E-state index in [4.69, 9.17) is 0 Å². The number of aromatic amines is 2. The van der Waals surface area contributed by atoms with Crippen LogP contribution in [0.3, 0.4) is 0 Å². The lowest BCUT2D eigenvalue weighted by molar-refractivity contribution is -0.0319. The highest BCUT2D eigenvalue weighted by atomic mass is 16.3. The average Bonchev–Trinajstić information content (AvgIpc) is 3.25. The maximum absolute atomic E-state index is 12.9. The summed E-state index contributed by atoms with van der Waals surface area (Å²) in [6.07, 6.45) is 4.63. The quantitative estimate of drug-likeness (QED) is 0.666. The topological polar surface area (TPSA) is 97.9 Å². The number of hydrogen-bond acceptors (Lipinski definition) is 4. The van der Waals surface area contributed by atoms with Crippen LogP contribution >= 0.6 is 0 Å². The van der Waals surface area contributed by atoms with Gasteiger partial charge in [0, 0.05) is 29.2 Å². The van der Waals surface area contributed by atoms with Gasteiger partial charge in [-0.15, -0.1) is 0 Å². The number of amides is 1. The van der Waals surface area contributed by atoms with Gasteiger partial charge in [-0.1, -0.05) is 6.07 Å². The minimum atomic E-state index is -1.15. The number of fused-ring (bicyclic) bond motifs is 1. The molecule has 3 N–H and O–H groups in total. The fourth-order valence-electron chi connectivity index (χ4n) is 3.29. The van der Waals surface area contributed by atoms with Crippen molar-refractivity contribution in [3.05, 3.63) is 47.9 Å². The molecule has 7 heteroatoms. The van der Waals surface area contributed by atoms with Crippen LogP contribution in [-0.2, 0) is 5.60 Å². The number of aromatic nitrogens is 4. The maximum Gasteiger partial charge on any atom is 0.254 e. The lowest BCUT2D eigenvalue weighted by Crippen LogP contribution is -2.48. The van der Waals surface area contributed by atoms with Gasteiger partial charge in [-0.25, -0.2) is 0 Å². The van der Waals surface area contributed by atoms with Gasteiger partial charge >= 0.3 is 0 Å². The fraction of sp³-hybridized carbons (Fsp3) is 0.312. The highest BCUT2D eigenvalue weighted by molar-refractivity contribution is 6.06. The molecule has 0 aliphatic carbocycles. The van der Waals surface area contributed by atoms with Crippen LogP contribution in [0.15, 0.2) is 36.7 Å². The number of rotatable bonds is 2. The van der Waals surface area contributed by atoms with Crippen LogP contribution in [0.4, 0.5) is 0 Å². The molecule has 4 rings (SSSR count). The highest BCUT2D eigenvalue weighted by Crippen LogP contribution is 2.31. The van der Waals surface area contributed by atoms with Gasteiger partial charge < -0.3 is 15.0 Å². The van der Waals surface area contributed by atoms with Gasteiger partial charge in [0.25, 0.3) is 5.91 Å². The van der Waals surface area contributed by atoms with E-state index in [1.807, 2.05) is 30.5 Å². The van der Waals surface area contributed by atoms with Crippen molar-refractivity contribution in [1.29, 1.82) is 0 Å². The van der Waals surface area contributed by atoms with Crippen molar-refractivity contribution in [3.63, 3.8) is 0 Å².